The molecule has 6 heteroatoms. The number of hydrogen-bond acceptors (Lipinski definition) is 4. The largest absolute Gasteiger partial charge is 0.478 e. The van der Waals surface area contributed by atoms with Gasteiger partial charge in [0.25, 0.3) is 0 Å². The summed E-state index contributed by atoms with van der Waals surface area (Å²) in [6.45, 7) is 3.33. The van der Waals surface area contributed by atoms with Crippen molar-refractivity contribution in [2.24, 2.45) is 0 Å². The molecule has 6 nitrogen and oxygen atoms in total. The summed E-state index contributed by atoms with van der Waals surface area (Å²) in [5.74, 6) is -0.247. The molecular formula is C12H15N3O3. The van der Waals surface area contributed by atoms with Gasteiger partial charge in [-0.25, -0.2) is 4.79 Å². The molecule has 0 atom stereocenters. The molecule has 2 aromatic heterocycles. The summed E-state index contributed by atoms with van der Waals surface area (Å²) >= 11 is 0. The monoisotopic (exact) mass is 249 g/mol. The average molecular weight is 249 g/mol. The van der Waals surface area contributed by atoms with E-state index in [2.05, 4.69) is 10.2 Å². The molecule has 0 saturated carbocycles. The highest BCUT2D eigenvalue weighted by Crippen LogP contribution is 2.08. The Morgan fingerprint density at radius 3 is 2.94 bits per heavy atom. The number of pyridine rings is 1. The molecule has 2 heterocycles. The van der Waals surface area contributed by atoms with Gasteiger partial charge in [-0.15, -0.1) is 10.2 Å². The quantitative estimate of drug-likeness (QED) is 0.783. The zero-order valence-electron chi connectivity index (χ0n) is 10.2. The minimum Gasteiger partial charge on any atom is -0.478 e. The number of aromatic nitrogens is 3. The summed E-state index contributed by atoms with van der Waals surface area (Å²) in [4.78, 5) is 10.9. The number of carboxylic acid groups (broad SMARTS) is 1. The van der Waals surface area contributed by atoms with Crippen molar-refractivity contribution in [3.63, 3.8) is 0 Å². The third-order valence-corrected chi connectivity index (χ3v) is 2.54. The van der Waals surface area contributed by atoms with Crippen LogP contribution >= 0.6 is 0 Å². The van der Waals surface area contributed by atoms with E-state index in [0.717, 1.165) is 13.0 Å². The second-order valence-corrected chi connectivity index (χ2v) is 3.93. The van der Waals surface area contributed by atoms with Crippen LogP contribution in [0.4, 0.5) is 0 Å². The van der Waals surface area contributed by atoms with Gasteiger partial charge in [-0.3, -0.25) is 4.40 Å². The van der Waals surface area contributed by atoms with Crippen molar-refractivity contribution in [1.29, 1.82) is 0 Å². The third-order valence-electron chi connectivity index (χ3n) is 2.54. The van der Waals surface area contributed by atoms with E-state index in [0.29, 0.717) is 24.5 Å². The molecular weight excluding hydrogens is 234 g/mol. The molecule has 0 aliphatic carbocycles. The lowest BCUT2D eigenvalue weighted by Crippen LogP contribution is -2.05. The number of aromatic carboxylic acids is 1. The van der Waals surface area contributed by atoms with E-state index in [1.807, 2.05) is 6.92 Å². The fourth-order valence-corrected chi connectivity index (χ4v) is 1.65. The molecule has 18 heavy (non-hydrogen) atoms. The van der Waals surface area contributed by atoms with Crippen molar-refractivity contribution in [3.05, 3.63) is 29.7 Å². The first-order chi connectivity index (χ1) is 8.72. The molecule has 0 aliphatic heterocycles. The van der Waals surface area contributed by atoms with Gasteiger partial charge in [-0.05, 0) is 18.6 Å². The summed E-state index contributed by atoms with van der Waals surface area (Å²) in [6, 6.07) is 3.16. The van der Waals surface area contributed by atoms with Crippen LogP contribution in [0.3, 0.4) is 0 Å². The van der Waals surface area contributed by atoms with Gasteiger partial charge in [-0.2, -0.15) is 0 Å². The Hall–Kier alpha value is -1.95. The van der Waals surface area contributed by atoms with Crippen LogP contribution in [0.5, 0.6) is 0 Å². The standard InChI is InChI=1S/C12H15N3O3/c1-2-6-18-7-5-11-14-13-10-4-3-9(12(16)17)8-15(10)11/h3-4,8H,2,5-7H2,1H3,(H,16,17). The molecule has 0 fully saturated rings. The van der Waals surface area contributed by atoms with Crippen LogP contribution in [0.1, 0.15) is 29.5 Å². The van der Waals surface area contributed by atoms with E-state index in [9.17, 15) is 4.79 Å². The maximum Gasteiger partial charge on any atom is 0.337 e. The molecule has 0 aromatic carbocycles. The fourth-order valence-electron chi connectivity index (χ4n) is 1.65. The Kier molecular flexibility index (Phi) is 3.88. The van der Waals surface area contributed by atoms with E-state index in [-0.39, 0.29) is 5.56 Å². The molecule has 0 bridgehead atoms. The molecule has 2 rings (SSSR count). The second kappa shape index (κ2) is 5.59. The van der Waals surface area contributed by atoms with Crippen molar-refractivity contribution in [3.8, 4) is 0 Å². The van der Waals surface area contributed by atoms with E-state index in [1.54, 1.807) is 10.5 Å². The van der Waals surface area contributed by atoms with Gasteiger partial charge in [0.15, 0.2) is 5.65 Å². The van der Waals surface area contributed by atoms with Crippen LogP contribution in [0.15, 0.2) is 18.3 Å². The van der Waals surface area contributed by atoms with E-state index >= 15 is 0 Å². The second-order valence-electron chi connectivity index (χ2n) is 3.93. The van der Waals surface area contributed by atoms with Crippen molar-refractivity contribution in [1.82, 2.24) is 14.6 Å². The van der Waals surface area contributed by atoms with Crippen LogP contribution in [-0.2, 0) is 11.2 Å². The number of hydrogen-bond donors (Lipinski definition) is 1. The summed E-state index contributed by atoms with van der Waals surface area (Å²) in [5, 5.41) is 17.0. The summed E-state index contributed by atoms with van der Waals surface area (Å²) in [6.07, 6.45) is 3.13. The first-order valence-electron chi connectivity index (χ1n) is 5.87. The normalized spacial score (nSPS) is 10.9. The van der Waals surface area contributed by atoms with Gasteiger partial charge >= 0.3 is 5.97 Å². The lowest BCUT2D eigenvalue weighted by Gasteiger charge is -2.02. The smallest absolute Gasteiger partial charge is 0.337 e. The topological polar surface area (TPSA) is 76.7 Å². The van der Waals surface area contributed by atoms with Crippen LogP contribution in [0.2, 0.25) is 0 Å². The van der Waals surface area contributed by atoms with Crippen LogP contribution in [0, 0.1) is 0 Å². The Labute approximate surface area is 104 Å². The Morgan fingerprint density at radius 2 is 2.22 bits per heavy atom. The number of nitrogens with zero attached hydrogens (tertiary/aromatic N) is 3. The van der Waals surface area contributed by atoms with Gasteiger partial charge in [0.05, 0.1) is 12.2 Å². The summed E-state index contributed by atoms with van der Waals surface area (Å²) in [5.41, 5.74) is 0.864. The molecule has 0 saturated heterocycles. The molecule has 0 spiro atoms. The van der Waals surface area contributed by atoms with Crippen LogP contribution < -0.4 is 0 Å². The van der Waals surface area contributed by atoms with Gasteiger partial charge < -0.3 is 9.84 Å². The van der Waals surface area contributed by atoms with E-state index < -0.39 is 5.97 Å². The number of rotatable bonds is 6. The molecule has 1 N–H and O–H groups in total. The van der Waals surface area contributed by atoms with Crippen molar-refractivity contribution in [2.75, 3.05) is 13.2 Å². The number of carboxylic acids is 1. The Bertz CT molecular complexity index is 550. The Balaban J connectivity index is 2.17. The predicted octanol–water partition coefficient (Wildman–Crippen LogP) is 1.40. The number of ether oxygens (including phenoxy) is 1. The third kappa shape index (κ3) is 2.65. The van der Waals surface area contributed by atoms with Gasteiger partial charge in [0, 0.05) is 19.2 Å². The lowest BCUT2D eigenvalue weighted by atomic mass is 10.3. The minimum absolute atomic E-state index is 0.220. The van der Waals surface area contributed by atoms with E-state index in [1.165, 1.54) is 12.3 Å². The molecule has 0 aliphatic rings. The number of fused-ring (bicyclic) bond motifs is 1. The molecule has 2 aromatic rings. The summed E-state index contributed by atoms with van der Waals surface area (Å²) in [7, 11) is 0. The Morgan fingerprint density at radius 1 is 1.39 bits per heavy atom. The lowest BCUT2D eigenvalue weighted by molar-refractivity contribution is 0.0696. The molecule has 0 amide bonds. The van der Waals surface area contributed by atoms with Gasteiger partial charge in [0.2, 0.25) is 0 Å². The first kappa shape index (κ1) is 12.5. The maximum atomic E-state index is 10.9. The average Bonchev–Trinajstić information content (AvgIpc) is 2.77. The predicted molar refractivity (Wildman–Crippen MR) is 64.8 cm³/mol. The zero-order valence-corrected chi connectivity index (χ0v) is 10.2. The highest BCUT2D eigenvalue weighted by atomic mass is 16.5. The molecule has 0 radical (unpaired) electrons. The number of carbonyl (C=O) groups is 1. The van der Waals surface area contributed by atoms with Crippen LogP contribution in [-0.4, -0.2) is 38.9 Å². The van der Waals surface area contributed by atoms with Crippen molar-refractivity contribution in [2.45, 2.75) is 19.8 Å². The molecule has 96 valence electrons. The van der Waals surface area contributed by atoms with E-state index in [4.69, 9.17) is 9.84 Å². The molecule has 0 unspecified atom stereocenters. The summed E-state index contributed by atoms with van der Waals surface area (Å²) < 4.78 is 7.08. The van der Waals surface area contributed by atoms with Gasteiger partial charge in [-0.1, -0.05) is 6.92 Å². The van der Waals surface area contributed by atoms with Crippen molar-refractivity contribution >= 4 is 11.6 Å². The fraction of sp³-hybridized carbons (Fsp3) is 0.417. The zero-order chi connectivity index (χ0) is 13.0. The SMILES string of the molecule is CCCOCCc1nnc2ccc(C(=O)O)cn12. The highest BCUT2D eigenvalue weighted by Gasteiger charge is 2.09. The highest BCUT2D eigenvalue weighted by molar-refractivity contribution is 5.87. The van der Waals surface area contributed by atoms with Crippen molar-refractivity contribution < 1.29 is 14.6 Å². The van der Waals surface area contributed by atoms with Gasteiger partial charge in [0.1, 0.15) is 5.82 Å². The first-order valence-corrected chi connectivity index (χ1v) is 5.87. The minimum atomic E-state index is -0.959. The van der Waals surface area contributed by atoms with Crippen LogP contribution in [0.25, 0.3) is 5.65 Å². The maximum absolute atomic E-state index is 10.9.